The van der Waals surface area contributed by atoms with Gasteiger partial charge in [-0.3, -0.25) is 0 Å². The Labute approximate surface area is 72.5 Å². The van der Waals surface area contributed by atoms with Gasteiger partial charge in [-0.2, -0.15) is 22.2 Å². The van der Waals surface area contributed by atoms with Crippen molar-refractivity contribution in [1.29, 1.82) is 0 Å². The molecule has 0 aliphatic carbocycles. The maximum atomic E-state index is 4.90. The zero-order chi connectivity index (χ0) is 6.95. The molecule has 2 N–H and O–H groups in total. The van der Waals surface area contributed by atoms with Crippen molar-refractivity contribution in [1.82, 2.24) is 0 Å². The highest BCUT2D eigenvalue weighted by atomic mass is 35.7. The van der Waals surface area contributed by atoms with E-state index in [0.29, 0.717) is 0 Å². The van der Waals surface area contributed by atoms with Crippen molar-refractivity contribution in [2.24, 2.45) is 0 Å². The smallest absolute Gasteiger partial charge is 0.222 e. The summed E-state index contributed by atoms with van der Waals surface area (Å²) >= 11 is 9.81. The van der Waals surface area contributed by atoms with Gasteiger partial charge in [-0.05, 0) is 0 Å². The lowest BCUT2D eigenvalue weighted by Gasteiger charge is -1.69. The van der Waals surface area contributed by atoms with Crippen LogP contribution >= 0.6 is 22.2 Å². The van der Waals surface area contributed by atoms with E-state index in [1.165, 1.54) is 0 Å². The molecule has 0 aromatic heterocycles. The van der Waals surface area contributed by atoms with E-state index in [9.17, 15) is 0 Å². The molecule has 0 saturated heterocycles. The minimum atomic E-state index is -0.639. The predicted molar refractivity (Wildman–Crippen MR) is 50.3 cm³/mol. The lowest BCUT2D eigenvalue weighted by atomic mass is 10.4. The first-order chi connectivity index (χ1) is 4.41. The zero-order valence-electron chi connectivity index (χ0n) is 5.43. The van der Waals surface area contributed by atoms with Crippen LogP contribution in [0.5, 0.6) is 0 Å². The second-order valence-corrected chi connectivity index (χ2v) is 3.88. The van der Waals surface area contributed by atoms with Gasteiger partial charge >= 0.3 is 0 Å². The fraction of sp³-hybridized carbons (Fsp3) is 0. The Balaban J connectivity index is 0. The molecule has 10 heavy (non-hydrogen) atoms. The molecular formula is C6H10Cl2OSi. The maximum absolute atomic E-state index is 4.90. The van der Waals surface area contributed by atoms with E-state index in [2.05, 4.69) is 0 Å². The van der Waals surface area contributed by atoms with Crippen molar-refractivity contribution in [2.45, 2.75) is 0 Å². The highest BCUT2D eigenvalue weighted by Gasteiger charge is 1.57. The van der Waals surface area contributed by atoms with Gasteiger partial charge in [0.25, 0.3) is 0 Å². The summed E-state index contributed by atoms with van der Waals surface area (Å²) in [7, 11) is -0.639. The molecule has 0 radical (unpaired) electrons. The highest BCUT2D eigenvalue weighted by Crippen LogP contribution is 1.79. The van der Waals surface area contributed by atoms with E-state index in [1.807, 2.05) is 36.4 Å². The first kappa shape index (κ1) is 12.6. The third-order valence-corrected chi connectivity index (χ3v) is 0.667. The van der Waals surface area contributed by atoms with E-state index < -0.39 is 8.14 Å². The molecule has 0 atom stereocenters. The summed E-state index contributed by atoms with van der Waals surface area (Å²) in [6, 6.07) is 12.0. The molecule has 1 aromatic rings. The SMILES string of the molecule is Cl[SiH2]Cl.O.c1ccccc1. The number of hydrogen-bond acceptors (Lipinski definition) is 0. The van der Waals surface area contributed by atoms with Gasteiger partial charge in [-0.25, -0.2) is 0 Å². The van der Waals surface area contributed by atoms with Crippen molar-refractivity contribution >= 4 is 30.3 Å². The van der Waals surface area contributed by atoms with E-state index in [4.69, 9.17) is 22.2 Å². The van der Waals surface area contributed by atoms with E-state index in [-0.39, 0.29) is 5.48 Å². The van der Waals surface area contributed by atoms with E-state index in [0.717, 1.165) is 0 Å². The van der Waals surface area contributed by atoms with Gasteiger partial charge in [0.2, 0.25) is 8.14 Å². The average Bonchev–Trinajstić information content (AvgIpc) is 1.93. The van der Waals surface area contributed by atoms with Gasteiger partial charge in [0, 0.05) is 0 Å². The predicted octanol–water partition coefficient (Wildman–Crippen LogP) is 1.32. The Bertz CT molecular complexity index is 98.6. The highest BCUT2D eigenvalue weighted by molar-refractivity contribution is 7.22. The fourth-order valence-corrected chi connectivity index (χ4v) is 0.385. The van der Waals surface area contributed by atoms with Gasteiger partial charge in [0.15, 0.2) is 0 Å². The van der Waals surface area contributed by atoms with Crippen LogP contribution in [0.2, 0.25) is 0 Å². The Hall–Kier alpha value is -0.0231. The van der Waals surface area contributed by atoms with Gasteiger partial charge < -0.3 is 5.48 Å². The maximum Gasteiger partial charge on any atom is 0.222 e. The Kier molecular flexibility index (Phi) is 14.8. The quantitative estimate of drug-likeness (QED) is 0.444. The molecule has 58 valence electrons. The molecule has 0 spiro atoms. The Morgan fingerprint density at radius 1 is 0.700 bits per heavy atom. The normalized spacial score (nSPS) is 6.60. The number of halogens is 2. The minimum absolute atomic E-state index is 0. The van der Waals surface area contributed by atoms with Crippen LogP contribution in [-0.4, -0.2) is 13.6 Å². The van der Waals surface area contributed by atoms with Gasteiger partial charge in [0.1, 0.15) is 0 Å². The van der Waals surface area contributed by atoms with Crippen LogP contribution in [0.25, 0.3) is 0 Å². The third-order valence-electron chi connectivity index (χ3n) is 0.667. The van der Waals surface area contributed by atoms with Crippen LogP contribution in [0, 0.1) is 0 Å². The Morgan fingerprint density at radius 2 is 0.800 bits per heavy atom. The summed E-state index contributed by atoms with van der Waals surface area (Å²) in [6.45, 7) is 0. The first-order valence-corrected chi connectivity index (χ1v) is 6.81. The molecule has 0 heterocycles. The van der Waals surface area contributed by atoms with Crippen molar-refractivity contribution in [2.75, 3.05) is 0 Å². The van der Waals surface area contributed by atoms with Crippen LogP contribution in [0.1, 0.15) is 0 Å². The summed E-state index contributed by atoms with van der Waals surface area (Å²) < 4.78 is 0. The van der Waals surface area contributed by atoms with Crippen LogP contribution in [0.3, 0.4) is 0 Å². The van der Waals surface area contributed by atoms with Crippen LogP contribution in [-0.2, 0) is 0 Å². The largest absolute Gasteiger partial charge is 0.412 e. The first-order valence-electron chi connectivity index (χ1n) is 2.53. The molecule has 1 aromatic carbocycles. The Morgan fingerprint density at radius 3 is 0.900 bits per heavy atom. The van der Waals surface area contributed by atoms with Crippen LogP contribution in [0.15, 0.2) is 36.4 Å². The zero-order valence-corrected chi connectivity index (χ0v) is 8.35. The molecule has 0 unspecified atom stereocenters. The topological polar surface area (TPSA) is 31.5 Å². The monoisotopic (exact) mass is 196 g/mol. The molecule has 1 rings (SSSR count). The minimum Gasteiger partial charge on any atom is -0.412 e. The average molecular weight is 197 g/mol. The summed E-state index contributed by atoms with van der Waals surface area (Å²) in [5.41, 5.74) is 0. The molecule has 0 amide bonds. The molecule has 0 fully saturated rings. The number of rotatable bonds is 0. The second-order valence-electron chi connectivity index (χ2n) is 1.26. The summed E-state index contributed by atoms with van der Waals surface area (Å²) in [5, 5.41) is 0. The van der Waals surface area contributed by atoms with Crippen LogP contribution in [0.4, 0.5) is 0 Å². The summed E-state index contributed by atoms with van der Waals surface area (Å²) in [4.78, 5) is 0. The molecular weight excluding hydrogens is 187 g/mol. The van der Waals surface area contributed by atoms with E-state index in [1.54, 1.807) is 0 Å². The lowest BCUT2D eigenvalue weighted by molar-refractivity contribution is 0.824. The molecule has 4 heteroatoms. The van der Waals surface area contributed by atoms with Crippen molar-refractivity contribution < 1.29 is 5.48 Å². The molecule has 0 saturated carbocycles. The van der Waals surface area contributed by atoms with Gasteiger partial charge in [0.05, 0.1) is 0 Å². The van der Waals surface area contributed by atoms with Crippen molar-refractivity contribution in [3.8, 4) is 0 Å². The van der Waals surface area contributed by atoms with Crippen molar-refractivity contribution in [3.63, 3.8) is 0 Å². The summed E-state index contributed by atoms with van der Waals surface area (Å²) in [5.74, 6) is 0. The number of hydrogen-bond donors (Lipinski definition) is 0. The van der Waals surface area contributed by atoms with Crippen LogP contribution < -0.4 is 0 Å². The van der Waals surface area contributed by atoms with Crippen molar-refractivity contribution in [3.05, 3.63) is 36.4 Å². The molecule has 0 aliphatic rings. The lowest BCUT2D eigenvalue weighted by Crippen LogP contribution is -1.47. The summed E-state index contributed by atoms with van der Waals surface area (Å²) in [6.07, 6.45) is 0. The van der Waals surface area contributed by atoms with Gasteiger partial charge in [-0.1, -0.05) is 36.4 Å². The van der Waals surface area contributed by atoms with E-state index >= 15 is 0 Å². The third kappa shape index (κ3) is 10.9. The fourth-order valence-electron chi connectivity index (χ4n) is 0.385. The number of benzene rings is 1. The molecule has 1 nitrogen and oxygen atoms in total. The molecule has 0 aliphatic heterocycles. The second kappa shape index (κ2) is 11.7. The van der Waals surface area contributed by atoms with Gasteiger partial charge in [-0.15, -0.1) is 0 Å². The molecule has 0 bridgehead atoms. The standard InChI is InChI=1S/C6H6.Cl2H2Si.H2O/c1-2-4-6-5-3-1;1-3-2;/h1-6H;3H2;1H2.